The molecule has 0 bridgehead atoms. The number of hydrogen-bond donors (Lipinski definition) is 2. The van der Waals surface area contributed by atoms with Crippen molar-refractivity contribution in [1.29, 1.82) is 0 Å². The minimum Gasteiger partial charge on any atom is -0.476 e. The molecule has 0 aliphatic heterocycles. The summed E-state index contributed by atoms with van der Waals surface area (Å²) in [6.07, 6.45) is 5.88. The Hall–Kier alpha value is -2.74. The lowest BCUT2D eigenvalue weighted by molar-refractivity contribution is -0.126. The molecule has 1 aliphatic rings. The standard InChI is InChI=1S/C18H22N4O4/c1-26-10-9-18(7-2-3-8-18)17(25)19-13-5-4-6-14(11-13)22-12-15(16(23)24)20-21-22/h4-6,11-12H,2-3,7-10H2,1H3,(H,19,25)(H,23,24). The van der Waals surface area contributed by atoms with Crippen LogP contribution in [0.3, 0.4) is 0 Å². The maximum absolute atomic E-state index is 12.9. The Balaban J connectivity index is 1.77. The zero-order chi connectivity index (χ0) is 18.6. The molecule has 1 heterocycles. The number of methoxy groups -OCH3 is 1. The average Bonchev–Trinajstić information content (AvgIpc) is 3.30. The van der Waals surface area contributed by atoms with Crippen LogP contribution in [0, 0.1) is 5.41 Å². The summed E-state index contributed by atoms with van der Waals surface area (Å²) in [5.41, 5.74) is 0.753. The lowest BCUT2D eigenvalue weighted by atomic mass is 9.82. The first kappa shape index (κ1) is 18.1. The number of carbonyl (C=O) groups excluding carboxylic acids is 1. The molecular formula is C18H22N4O4. The van der Waals surface area contributed by atoms with Gasteiger partial charge in [0, 0.05) is 19.4 Å². The molecule has 138 valence electrons. The number of ether oxygens (including phenoxy) is 1. The second-order valence-electron chi connectivity index (χ2n) is 6.59. The molecule has 0 spiro atoms. The molecule has 3 rings (SSSR count). The predicted octanol–water partition coefficient (Wildman–Crippen LogP) is 2.50. The Morgan fingerprint density at radius 3 is 2.77 bits per heavy atom. The van der Waals surface area contributed by atoms with Crippen molar-refractivity contribution in [2.24, 2.45) is 5.41 Å². The highest BCUT2D eigenvalue weighted by Gasteiger charge is 2.40. The van der Waals surface area contributed by atoms with Gasteiger partial charge in [-0.15, -0.1) is 5.10 Å². The Bertz CT molecular complexity index is 796. The van der Waals surface area contributed by atoms with Crippen LogP contribution in [0.2, 0.25) is 0 Å². The highest BCUT2D eigenvalue weighted by atomic mass is 16.5. The third-order valence-corrected chi connectivity index (χ3v) is 4.91. The molecular weight excluding hydrogens is 336 g/mol. The minimum atomic E-state index is -1.14. The third-order valence-electron chi connectivity index (χ3n) is 4.91. The molecule has 0 saturated heterocycles. The van der Waals surface area contributed by atoms with Crippen molar-refractivity contribution >= 4 is 17.6 Å². The van der Waals surface area contributed by atoms with Crippen LogP contribution in [-0.4, -0.2) is 45.7 Å². The van der Waals surface area contributed by atoms with Crippen LogP contribution in [0.15, 0.2) is 30.5 Å². The van der Waals surface area contributed by atoms with Crippen LogP contribution in [0.1, 0.15) is 42.6 Å². The van der Waals surface area contributed by atoms with Crippen LogP contribution in [0.4, 0.5) is 5.69 Å². The van der Waals surface area contributed by atoms with Crippen LogP contribution in [-0.2, 0) is 9.53 Å². The summed E-state index contributed by atoms with van der Waals surface area (Å²) in [4.78, 5) is 23.8. The number of nitrogens with one attached hydrogen (secondary N) is 1. The van der Waals surface area contributed by atoms with Gasteiger partial charge in [-0.05, 0) is 37.5 Å². The summed E-state index contributed by atoms with van der Waals surface area (Å²) in [6, 6.07) is 7.10. The number of nitrogens with zero attached hydrogens (tertiary/aromatic N) is 3. The summed E-state index contributed by atoms with van der Waals surface area (Å²) < 4.78 is 6.55. The summed E-state index contributed by atoms with van der Waals surface area (Å²) in [5, 5.41) is 19.4. The van der Waals surface area contributed by atoms with Gasteiger partial charge in [-0.3, -0.25) is 4.79 Å². The first-order valence-corrected chi connectivity index (χ1v) is 8.60. The maximum atomic E-state index is 12.9. The Morgan fingerprint density at radius 1 is 1.35 bits per heavy atom. The normalized spacial score (nSPS) is 15.7. The largest absolute Gasteiger partial charge is 0.476 e. The van der Waals surface area contributed by atoms with Crippen LogP contribution < -0.4 is 5.32 Å². The topological polar surface area (TPSA) is 106 Å². The van der Waals surface area contributed by atoms with Gasteiger partial charge in [0.25, 0.3) is 0 Å². The second-order valence-corrected chi connectivity index (χ2v) is 6.59. The van der Waals surface area contributed by atoms with E-state index in [0.29, 0.717) is 24.4 Å². The summed E-state index contributed by atoms with van der Waals surface area (Å²) >= 11 is 0. The first-order chi connectivity index (χ1) is 12.5. The molecule has 1 aromatic heterocycles. The number of carbonyl (C=O) groups is 2. The van der Waals surface area contributed by atoms with Crippen molar-refractivity contribution in [3.8, 4) is 5.69 Å². The summed E-state index contributed by atoms with van der Waals surface area (Å²) in [7, 11) is 1.65. The molecule has 2 N–H and O–H groups in total. The van der Waals surface area contributed by atoms with E-state index in [1.54, 1.807) is 31.4 Å². The van der Waals surface area contributed by atoms with E-state index in [4.69, 9.17) is 9.84 Å². The maximum Gasteiger partial charge on any atom is 0.358 e. The van der Waals surface area contributed by atoms with Gasteiger partial charge in [-0.25, -0.2) is 9.48 Å². The SMILES string of the molecule is COCCC1(C(=O)Nc2cccc(-n3cc(C(=O)O)nn3)c2)CCCC1. The highest BCUT2D eigenvalue weighted by Crippen LogP contribution is 2.42. The third kappa shape index (κ3) is 3.75. The number of anilines is 1. The van der Waals surface area contributed by atoms with E-state index in [1.165, 1.54) is 10.9 Å². The summed E-state index contributed by atoms with van der Waals surface area (Å²) in [6.45, 7) is 0.560. The van der Waals surface area contributed by atoms with Crippen LogP contribution >= 0.6 is 0 Å². The fourth-order valence-electron chi connectivity index (χ4n) is 3.42. The number of carboxylic acids is 1. The van der Waals surface area contributed by atoms with E-state index in [2.05, 4.69) is 15.6 Å². The number of aromatic carboxylic acids is 1. The summed E-state index contributed by atoms with van der Waals surface area (Å²) in [5.74, 6) is -1.13. The number of carboxylic acid groups (broad SMARTS) is 1. The Labute approximate surface area is 151 Å². The smallest absolute Gasteiger partial charge is 0.358 e. The van der Waals surface area contributed by atoms with Crippen LogP contribution in [0.25, 0.3) is 5.69 Å². The van der Waals surface area contributed by atoms with E-state index in [-0.39, 0.29) is 17.0 Å². The van der Waals surface area contributed by atoms with E-state index < -0.39 is 5.97 Å². The molecule has 1 fully saturated rings. The van der Waals surface area contributed by atoms with Crippen molar-refractivity contribution in [1.82, 2.24) is 15.0 Å². The molecule has 1 saturated carbocycles. The van der Waals surface area contributed by atoms with Crippen molar-refractivity contribution in [2.75, 3.05) is 19.0 Å². The first-order valence-electron chi connectivity index (χ1n) is 8.60. The zero-order valence-electron chi connectivity index (χ0n) is 14.6. The second kappa shape index (κ2) is 7.65. The lowest BCUT2D eigenvalue weighted by Gasteiger charge is -2.27. The molecule has 2 aromatic rings. The van der Waals surface area contributed by atoms with Crippen molar-refractivity contribution < 1.29 is 19.4 Å². The fraction of sp³-hybridized carbons (Fsp3) is 0.444. The molecule has 0 atom stereocenters. The average molecular weight is 358 g/mol. The van der Waals surface area contributed by atoms with Gasteiger partial charge >= 0.3 is 5.97 Å². The van der Waals surface area contributed by atoms with Gasteiger partial charge in [0.1, 0.15) is 0 Å². The van der Waals surface area contributed by atoms with Gasteiger partial charge in [-0.1, -0.05) is 24.1 Å². The molecule has 0 radical (unpaired) electrons. The lowest BCUT2D eigenvalue weighted by Crippen LogP contribution is -2.35. The molecule has 1 aromatic carbocycles. The van der Waals surface area contributed by atoms with E-state index in [9.17, 15) is 9.59 Å². The zero-order valence-corrected chi connectivity index (χ0v) is 14.6. The van der Waals surface area contributed by atoms with Gasteiger partial charge in [0.05, 0.1) is 17.3 Å². The Kier molecular flexibility index (Phi) is 5.32. The number of hydrogen-bond acceptors (Lipinski definition) is 5. The quantitative estimate of drug-likeness (QED) is 0.788. The van der Waals surface area contributed by atoms with Gasteiger partial charge < -0.3 is 15.2 Å². The number of benzene rings is 1. The molecule has 26 heavy (non-hydrogen) atoms. The van der Waals surface area contributed by atoms with Gasteiger partial charge in [0.2, 0.25) is 5.91 Å². The molecule has 8 nitrogen and oxygen atoms in total. The van der Waals surface area contributed by atoms with Crippen LogP contribution in [0.5, 0.6) is 0 Å². The van der Waals surface area contributed by atoms with Gasteiger partial charge in [-0.2, -0.15) is 0 Å². The molecule has 1 aliphatic carbocycles. The van der Waals surface area contributed by atoms with Crippen molar-refractivity contribution in [2.45, 2.75) is 32.1 Å². The molecule has 0 unspecified atom stereocenters. The van der Waals surface area contributed by atoms with E-state index in [1.807, 2.05) is 0 Å². The minimum absolute atomic E-state index is 0.00835. The number of aromatic nitrogens is 3. The molecule has 1 amide bonds. The fourth-order valence-corrected chi connectivity index (χ4v) is 3.42. The van der Waals surface area contributed by atoms with Crippen molar-refractivity contribution in [3.63, 3.8) is 0 Å². The number of amides is 1. The van der Waals surface area contributed by atoms with E-state index in [0.717, 1.165) is 25.7 Å². The molecule has 8 heteroatoms. The number of rotatable bonds is 7. The monoisotopic (exact) mass is 358 g/mol. The Morgan fingerprint density at radius 2 is 2.12 bits per heavy atom. The van der Waals surface area contributed by atoms with Crippen molar-refractivity contribution in [3.05, 3.63) is 36.2 Å². The van der Waals surface area contributed by atoms with E-state index >= 15 is 0 Å². The predicted molar refractivity (Wildman–Crippen MR) is 94.3 cm³/mol. The van der Waals surface area contributed by atoms with Gasteiger partial charge in [0.15, 0.2) is 5.69 Å². The highest BCUT2D eigenvalue weighted by molar-refractivity contribution is 5.95.